The summed E-state index contributed by atoms with van der Waals surface area (Å²) in [5, 5.41) is 0. The summed E-state index contributed by atoms with van der Waals surface area (Å²) in [6.45, 7) is 2.32. The van der Waals surface area contributed by atoms with Gasteiger partial charge in [-0.05, 0) is 24.6 Å². The van der Waals surface area contributed by atoms with Crippen LogP contribution in [0, 0.1) is 0 Å². The number of amides is 1. The van der Waals surface area contributed by atoms with Crippen molar-refractivity contribution in [3.05, 3.63) is 30.1 Å². The molecule has 0 unspecified atom stereocenters. The molecule has 0 aromatic carbocycles. The number of hydrogen-bond donors (Lipinski definition) is 0. The van der Waals surface area contributed by atoms with Crippen molar-refractivity contribution in [3.8, 4) is 0 Å². The van der Waals surface area contributed by atoms with E-state index < -0.39 is 35.0 Å². The van der Waals surface area contributed by atoms with Crippen molar-refractivity contribution in [3.63, 3.8) is 0 Å². The summed E-state index contributed by atoms with van der Waals surface area (Å²) < 4.78 is 52.5. The van der Waals surface area contributed by atoms with Gasteiger partial charge in [-0.15, -0.1) is 0 Å². The highest BCUT2D eigenvalue weighted by molar-refractivity contribution is 7.88. The number of sulfonamides is 1. The van der Waals surface area contributed by atoms with Crippen LogP contribution < -0.4 is 0 Å². The van der Waals surface area contributed by atoms with E-state index in [1.54, 1.807) is 29.4 Å². The molecule has 2 aliphatic heterocycles. The third-order valence-corrected chi connectivity index (χ3v) is 6.41. The van der Waals surface area contributed by atoms with Gasteiger partial charge in [0.25, 0.3) is 5.92 Å². The van der Waals surface area contributed by atoms with Gasteiger partial charge in [-0.2, -0.15) is 4.31 Å². The number of nitrogens with zero attached hydrogens (tertiary/aromatic N) is 4. The standard InChI is InChI=1S/C17H24F2N4O3S/c1-3-21(9-13-4-6-20-7-5-13)16(24)15-8-17(18,19)12-23(15)14-10-22(11-14)27(2,25)26/h4-7,14-15H,3,8-12H2,1-2H3/t15-/m0/s1. The van der Waals surface area contributed by atoms with Gasteiger partial charge in [0.2, 0.25) is 15.9 Å². The third-order valence-electron chi connectivity index (χ3n) is 5.17. The average molecular weight is 402 g/mol. The van der Waals surface area contributed by atoms with Crippen LogP contribution in [0.5, 0.6) is 0 Å². The summed E-state index contributed by atoms with van der Waals surface area (Å²) in [4.78, 5) is 20.0. The SMILES string of the molecule is CCN(Cc1ccncc1)C(=O)[C@@H]1CC(F)(F)CN1C1CN(S(C)(=O)=O)C1. The fourth-order valence-corrected chi connectivity index (χ4v) is 4.50. The van der Waals surface area contributed by atoms with E-state index in [0.717, 1.165) is 11.8 Å². The van der Waals surface area contributed by atoms with E-state index in [9.17, 15) is 22.0 Å². The van der Waals surface area contributed by atoms with Gasteiger partial charge in [-0.1, -0.05) is 0 Å². The lowest BCUT2D eigenvalue weighted by Crippen LogP contribution is -2.63. The van der Waals surface area contributed by atoms with E-state index in [2.05, 4.69) is 4.98 Å². The molecule has 3 rings (SSSR count). The molecule has 0 bridgehead atoms. The van der Waals surface area contributed by atoms with Gasteiger partial charge in [0, 0.05) is 51.0 Å². The summed E-state index contributed by atoms with van der Waals surface area (Å²) in [7, 11) is -3.34. The topological polar surface area (TPSA) is 73.8 Å². The Hall–Kier alpha value is -1.65. The van der Waals surface area contributed by atoms with Gasteiger partial charge in [0.1, 0.15) is 0 Å². The smallest absolute Gasteiger partial charge is 0.262 e. The number of rotatable bonds is 6. The van der Waals surface area contributed by atoms with Crippen LogP contribution in [0.1, 0.15) is 18.9 Å². The number of carbonyl (C=O) groups excluding carboxylic acids is 1. The van der Waals surface area contributed by atoms with Gasteiger partial charge in [0.15, 0.2) is 0 Å². The molecule has 0 aliphatic carbocycles. The monoisotopic (exact) mass is 402 g/mol. The van der Waals surface area contributed by atoms with Crippen molar-refractivity contribution in [2.75, 3.05) is 32.4 Å². The third kappa shape index (κ3) is 4.44. The first-order valence-corrected chi connectivity index (χ1v) is 10.7. The highest BCUT2D eigenvalue weighted by atomic mass is 32.2. The zero-order valence-electron chi connectivity index (χ0n) is 15.4. The van der Waals surface area contributed by atoms with Gasteiger partial charge in [-0.3, -0.25) is 14.7 Å². The van der Waals surface area contributed by atoms with Crippen molar-refractivity contribution >= 4 is 15.9 Å². The van der Waals surface area contributed by atoms with E-state index >= 15 is 0 Å². The quantitative estimate of drug-likeness (QED) is 0.703. The molecule has 0 radical (unpaired) electrons. The normalized spacial score (nSPS) is 23.9. The Morgan fingerprint density at radius 2 is 1.96 bits per heavy atom. The summed E-state index contributed by atoms with van der Waals surface area (Å²) in [6, 6.07) is 2.27. The van der Waals surface area contributed by atoms with Crippen LogP contribution in [0.3, 0.4) is 0 Å². The van der Waals surface area contributed by atoms with Gasteiger partial charge in [-0.25, -0.2) is 17.2 Å². The fourth-order valence-electron chi connectivity index (χ4n) is 3.62. The van der Waals surface area contributed by atoms with Crippen molar-refractivity contribution < 1.29 is 22.0 Å². The number of likely N-dealkylation sites (N-methyl/N-ethyl adjacent to an activating group) is 1. The molecule has 1 amide bonds. The molecular weight excluding hydrogens is 378 g/mol. The van der Waals surface area contributed by atoms with Crippen LogP contribution in [0.15, 0.2) is 24.5 Å². The van der Waals surface area contributed by atoms with Crippen LogP contribution in [-0.2, 0) is 21.4 Å². The summed E-state index contributed by atoms with van der Waals surface area (Å²) >= 11 is 0. The minimum atomic E-state index is -3.34. The van der Waals surface area contributed by atoms with Crippen molar-refractivity contribution in [1.29, 1.82) is 0 Å². The van der Waals surface area contributed by atoms with E-state index in [-0.39, 0.29) is 25.0 Å². The molecule has 10 heteroatoms. The number of aromatic nitrogens is 1. The van der Waals surface area contributed by atoms with Crippen LogP contribution in [0.4, 0.5) is 8.78 Å². The molecule has 0 saturated carbocycles. The Morgan fingerprint density at radius 1 is 1.33 bits per heavy atom. The predicted molar refractivity (Wildman–Crippen MR) is 95.6 cm³/mol. The first-order chi connectivity index (χ1) is 12.6. The Balaban J connectivity index is 1.72. The molecule has 1 atom stereocenters. The van der Waals surface area contributed by atoms with Crippen molar-refractivity contribution in [2.45, 2.75) is 37.9 Å². The highest BCUT2D eigenvalue weighted by Gasteiger charge is 2.53. The lowest BCUT2D eigenvalue weighted by molar-refractivity contribution is -0.138. The molecule has 2 saturated heterocycles. The summed E-state index contributed by atoms with van der Waals surface area (Å²) in [5.74, 6) is -3.30. The number of likely N-dealkylation sites (tertiary alicyclic amines) is 1. The second kappa shape index (κ2) is 7.40. The minimum absolute atomic E-state index is 0.148. The number of alkyl halides is 2. The van der Waals surface area contributed by atoms with E-state index in [4.69, 9.17) is 0 Å². The Labute approximate surface area is 158 Å². The largest absolute Gasteiger partial charge is 0.337 e. The zero-order chi connectivity index (χ0) is 19.8. The number of hydrogen-bond acceptors (Lipinski definition) is 5. The van der Waals surface area contributed by atoms with E-state index in [0.29, 0.717) is 13.1 Å². The number of pyridine rings is 1. The Morgan fingerprint density at radius 3 is 2.52 bits per heavy atom. The molecule has 2 fully saturated rings. The molecule has 27 heavy (non-hydrogen) atoms. The predicted octanol–water partition coefficient (Wildman–Crippen LogP) is 0.784. The van der Waals surface area contributed by atoms with Crippen LogP contribution in [0.25, 0.3) is 0 Å². The first-order valence-electron chi connectivity index (χ1n) is 8.87. The van der Waals surface area contributed by atoms with Gasteiger partial charge in [0.05, 0.1) is 18.8 Å². The molecule has 1 aromatic heterocycles. The highest BCUT2D eigenvalue weighted by Crippen LogP contribution is 2.36. The van der Waals surface area contributed by atoms with E-state index in [1.807, 2.05) is 6.92 Å². The summed E-state index contributed by atoms with van der Waals surface area (Å²) in [5.41, 5.74) is 0.878. The molecule has 7 nitrogen and oxygen atoms in total. The maximum absolute atomic E-state index is 14.1. The maximum atomic E-state index is 14.1. The van der Waals surface area contributed by atoms with Crippen LogP contribution in [0.2, 0.25) is 0 Å². The Bertz CT molecular complexity index is 785. The maximum Gasteiger partial charge on any atom is 0.262 e. The molecule has 1 aromatic rings. The lowest BCUT2D eigenvalue weighted by atomic mass is 10.1. The fraction of sp³-hybridized carbons (Fsp3) is 0.647. The molecule has 3 heterocycles. The molecule has 0 N–H and O–H groups in total. The zero-order valence-corrected chi connectivity index (χ0v) is 16.2. The lowest BCUT2D eigenvalue weighted by Gasteiger charge is -2.44. The minimum Gasteiger partial charge on any atom is -0.337 e. The number of carbonyl (C=O) groups is 1. The molecule has 150 valence electrons. The van der Waals surface area contributed by atoms with Gasteiger partial charge >= 0.3 is 0 Å². The van der Waals surface area contributed by atoms with E-state index in [1.165, 1.54) is 9.21 Å². The van der Waals surface area contributed by atoms with Gasteiger partial charge < -0.3 is 4.90 Å². The van der Waals surface area contributed by atoms with Crippen LogP contribution in [-0.4, -0.2) is 83.9 Å². The van der Waals surface area contributed by atoms with Crippen LogP contribution >= 0.6 is 0 Å². The van der Waals surface area contributed by atoms with Crippen molar-refractivity contribution in [1.82, 2.24) is 19.1 Å². The summed E-state index contributed by atoms with van der Waals surface area (Å²) in [6.07, 6.45) is 3.81. The number of halogens is 2. The first kappa shape index (κ1) is 20.1. The second-order valence-electron chi connectivity index (χ2n) is 7.19. The molecule has 0 spiro atoms. The average Bonchev–Trinajstić information content (AvgIpc) is 2.85. The molecule has 2 aliphatic rings. The second-order valence-corrected chi connectivity index (χ2v) is 9.17. The Kier molecular flexibility index (Phi) is 5.51. The molecular formula is C17H24F2N4O3S. The van der Waals surface area contributed by atoms with Crippen molar-refractivity contribution in [2.24, 2.45) is 0 Å².